The maximum Gasteiger partial charge on any atom is 0.307 e. The van der Waals surface area contributed by atoms with Crippen LogP contribution in [-0.2, 0) is 11.3 Å². The van der Waals surface area contributed by atoms with E-state index in [0.717, 1.165) is 18.7 Å². The Bertz CT molecular complexity index is 687. The fourth-order valence-corrected chi connectivity index (χ4v) is 3.70. The second kappa shape index (κ2) is 5.17. The van der Waals surface area contributed by atoms with Gasteiger partial charge in [-0.2, -0.15) is 0 Å². The van der Waals surface area contributed by atoms with E-state index in [-0.39, 0.29) is 11.8 Å². The lowest BCUT2D eigenvalue weighted by Gasteiger charge is -2.17. The van der Waals surface area contributed by atoms with E-state index in [9.17, 15) is 9.90 Å². The number of carboxylic acids is 1. The third-order valence-electron chi connectivity index (χ3n) is 4.73. The quantitative estimate of drug-likeness (QED) is 0.931. The summed E-state index contributed by atoms with van der Waals surface area (Å²) in [6.07, 6.45) is 3.47. The Hall–Kier alpha value is -1.84. The third-order valence-corrected chi connectivity index (χ3v) is 4.73. The van der Waals surface area contributed by atoms with Crippen LogP contribution in [0.3, 0.4) is 0 Å². The van der Waals surface area contributed by atoms with E-state index in [1.165, 1.54) is 16.6 Å². The number of hydrogen-bond donors (Lipinski definition) is 1. The highest BCUT2D eigenvalue weighted by Gasteiger charge is 2.34. The molecule has 1 aliphatic rings. The topological polar surface area (TPSA) is 55.1 Å². The summed E-state index contributed by atoms with van der Waals surface area (Å²) < 4.78 is 2.29. The van der Waals surface area contributed by atoms with Crippen molar-refractivity contribution in [3.05, 3.63) is 29.7 Å². The van der Waals surface area contributed by atoms with Crippen LogP contribution in [0.15, 0.2) is 18.3 Å². The minimum Gasteiger partial charge on any atom is -0.481 e. The Morgan fingerprint density at radius 1 is 1.52 bits per heavy atom. The van der Waals surface area contributed by atoms with E-state index >= 15 is 0 Å². The van der Waals surface area contributed by atoms with E-state index in [0.29, 0.717) is 12.3 Å². The maximum atomic E-state index is 11.5. The standard InChI is InChI=1S/C17H22N2O2/c1-4-11(17(20)21)12-6-8-19-14-5-7-18-16(10(2)3)13(14)9-15(12)19/h5,7,9-12H,4,6,8H2,1-3H3,(H,20,21). The molecule has 2 atom stereocenters. The largest absolute Gasteiger partial charge is 0.481 e. The summed E-state index contributed by atoms with van der Waals surface area (Å²) in [5.41, 5.74) is 3.48. The summed E-state index contributed by atoms with van der Waals surface area (Å²) in [6, 6.07) is 4.23. The zero-order chi connectivity index (χ0) is 15.1. The molecule has 0 saturated heterocycles. The molecule has 4 nitrogen and oxygen atoms in total. The summed E-state index contributed by atoms with van der Waals surface area (Å²) in [4.78, 5) is 16.0. The zero-order valence-electron chi connectivity index (χ0n) is 12.8. The van der Waals surface area contributed by atoms with Gasteiger partial charge in [0.05, 0.1) is 17.1 Å². The van der Waals surface area contributed by atoms with E-state index < -0.39 is 5.97 Å². The lowest BCUT2D eigenvalue weighted by Crippen LogP contribution is -2.19. The average Bonchev–Trinajstić information content (AvgIpc) is 2.98. The van der Waals surface area contributed by atoms with Crippen LogP contribution >= 0.6 is 0 Å². The predicted octanol–water partition coefficient (Wildman–Crippen LogP) is 3.76. The summed E-state index contributed by atoms with van der Waals surface area (Å²) in [6.45, 7) is 7.17. The van der Waals surface area contributed by atoms with Crippen molar-refractivity contribution < 1.29 is 9.90 Å². The molecule has 3 rings (SSSR count). The molecule has 0 saturated carbocycles. The van der Waals surface area contributed by atoms with E-state index in [2.05, 4.69) is 35.5 Å². The molecule has 1 N–H and O–H groups in total. The lowest BCUT2D eigenvalue weighted by atomic mass is 9.86. The number of carboxylic acid groups (broad SMARTS) is 1. The summed E-state index contributed by atoms with van der Waals surface area (Å²) in [7, 11) is 0. The Balaban J connectivity index is 2.13. The third kappa shape index (κ3) is 2.13. The number of rotatable bonds is 4. The number of fused-ring (bicyclic) bond motifs is 3. The Kier molecular flexibility index (Phi) is 3.47. The zero-order valence-corrected chi connectivity index (χ0v) is 12.8. The van der Waals surface area contributed by atoms with Crippen LogP contribution in [-0.4, -0.2) is 20.6 Å². The fourth-order valence-electron chi connectivity index (χ4n) is 3.70. The Morgan fingerprint density at radius 2 is 2.29 bits per heavy atom. The summed E-state index contributed by atoms with van der Waals surface area (Å²) >= 11 is 0. The van der Waals surface area contributed by atoms with Crippen molar-refractivity contribution in [3.8, 4) is 0 Å². The van der Waals surface area contributed by atoms with Gasteiger partial charge in [0, 0.05) is 29.7 Å². The molecule has 0 radical (unpaired) electrons. The van der Waals surface area contributed by atoms with Gasteiger partial charge in [0.15, 0.2) is 0 Å². The van der Waals surface area contributed by atoms with Gasteiger partial charge in [-0.15, -0.1) is 0 Å². The second-order valence-corrected chi connectivity index (χ2v) is 6.25. The van der Waals surface area contributed by atoms with Gasteiger partial charge in [-0.05, 0) is 30.9 Å². The molecule has 1 aliphatic heterocycles. The lowest BCUT2D eigenvalue weighted by molar-refractivity contribution is -0.142. The number of aryl methyl sites for hydroxylation is 1. The smallest absolute Gasteiger partial charge is 0.307 e. The normalized spacial score (nSPS) is 19.1. The van der Waals surface area contributed by atoms with Gasteiger partial charge in [-0.1, -0.05) is 20.8 Å². The van der Waals surface area contributed by atoms with Crippen molar-refractivity contribution in [2.45, 2.75) is 52.0 Å². The van der Waals surface area contributed by atoms with Gasteiger partial charge in [0.2, 0.25) is 0 Å². The van der Waals surface area contributed by atoms with Crippen LogP contribution in [0.4, 0.5) is 0 Å². The first-order chi connectivity index (χ1) is 10.0. The molecule has 0 amide bonds. The van der Waals surface area contributed by atoms with Crippen molar-refractivity contribution in [1.29, 1.82) is 0 Å². The molecule has 21 heavy (non-hydrogen) atoms. The van der Waals surface area contributed by atoms with E-state index in [1.54, 1.807) is 0 Å². The monoisotopic (exact) mass is 286 g/mol. The molecule has 112 valence electrons. The highest BCUT2D eigenvalue weighted by atomic mass is 16.4. The average molecular weight is 286 g/mol. The van der Waals surface area contributed by atoms with E-state index in [4.69, 9.17) is 0 Å². The van der Waals surface area contributed by atoms with Gasteiger partial charge in [0.25, 0.3) is 0 Å². The minimum atomic E-state index is -0.677. The van der Waals surface area contributed by atoms with Crippen LogP contribution in [0.5, 0.6) is 0 Å². The van der Waals surface area contributed by atoms with Crippen molar-refractivity contribution in [2.75, 3.05) is 0 Å². The van der Waals surface area contributed by atoms with Gasteiger partial charge >= 0.3 is 5.97 Å². The molecule has 2 unspecified atom stereocenters. The van der Waals surface area contributed by atoms with Crippen LogP contribution in [0, 0.1) is 5.92 Å². The number of aromatic nitrogens is 2. The number of carbonyl (C=O) groups is 1. The van der Waals surface area contributed by atoms with Crippen LogP contribution in [0.2, 0.25) is 0 Å². The molecule has 0 aromatic carbocycles. The molecule has 0 fully saturated rings. The van der Waals surface area contributed by atoms with Crippen molar-refractivity contribution in [1.82, 2.24) is 9.55 Å². The van der Waals surface area contributed by atoms with Gasteiger partial charge in [0.1, 0.15) is 0 Å². The fraction of sp³-hybridized carbons (Fsp3) is 0.529. The first kappa shape index (κ1) is 14.1. The Labute approximate surface area is 124 Å². The minimum absolute atomic E-state index is 0.125. The predicted molar refractivity (Wildman–Crippen MR) is 82.6 cm³/mol. The molecule has 2 aromatic rings. The molecule has 3 heterocycles. The first-order valence-electron chi connectivity index (χ1n) is 7.75. The molecular formula is C17H22N2O2. The number of aliphatic carboxylic acids is 1. The summed E-state index contributed by atoms with van der Waals surface area (Å²) in [5, 5.41) is 10.6. The van der Waals surface area contributed by atoms with Crippen molar-refractivity contribution in [2.24, 2.45) is 5.92 Å². The number of pyridine rings is 1. The highest BCUT2D eigenvalue weighted by molar-refractivity contribution is 5.85. The maximum absolute atomic E-state index is 11.5. The van der Waals surface area contributed by atoms with Crippen LogP contribution in [0.25, 0.3) is 10.9 Å². The van der Waals surface area contributed by atoms with Gasteiger partial charge in [-0.3, -0.25) is 9.78 Å². The first-order valence-corrected chi connectivity index (χ1v) is 7.75. The van der Waals surface area contributed by atoms with Crippen molar-refractivity contribution >= 4 is 16.9 Å². The van der Waals surface area contributed by atoms with Crippen LogP contribution < -0.4 is 0 Å². The highest BCUT2D eigenvalue weighted by Crippen LogP contribution is 2.41. The summed E-state index contributed by atoms with van der Waals surface area (Å²) in [5.74, 6) is -0.467. The van der Waals surface area contributed by atoms with E-state index in [1.807, 2.05) is 13.1 Å². The SMILES string of the molecule is CCC(C(=O)O)C1CCn2c1cc1c(C(C)C)nccc12. The Morgan fingerprint density at radius 3 is 2.90 bits per heavy atom. The molecule has 4 heteroatoms. The molecule has 0 bridgehead atoms. The number of hydrogen-bond acceptors (Lipinski definition) is 2. The van der Waals surface area contributed by atoms with Crippen molar-refractivity contribution in [3.63, 3.8) is 0 Å². The second-order valence-electron chi connectivity index (χ2n) is 6.25. The van der Waals surface area contributed by atoms with Gasteiger partial charge in [-0.25, -0.2) is 0 Å². The molecular weight excluding hydrogens is 264 g/mol. The molecule has 2 aromatic heterocycles. The number of nitrogens with zero attached hydrogens (tertiary/aromatic N) is 2. The van der Waals surface area contributed by atoms with Gasteiger partial charge < -0.3 is 9.67 Å². The van der Waals surface area contributed by atoms with Crippen LogP contribution in [0.1, 0.15) is 56.8 Å². The molecule has 0 aliphatic carbocycles. The molecule has 0 spiro atoms.